The molecule has 0 amide bonds. The average Bonchev–Trinajstić information content (AvgIpc) is 2.74. The Labute approximate surface area is 165 Å². The van der Waals surface area contributed by atoms with Crippen LogP contribution in [0.5, 0.6) is 0 Å². The van der Waals surface area contributed by atoms with Crippen LogP contribution < -0.4 is 5.32 Å². The summed E-state index contributed by atoms with van der Waals surface area (Å²) in [5.74, 6) is 2.75. The summed E-state index contributed by atoms with van der Waals surface area (Å²) >= 11 is 6.49. The molecule has 2 heterocycles. The van der Waals surface area contributed by atoms with Crippen LogP contribution in [-0.4, -0.2) is 47.8 Å². The molecule has 0 aliphatic carbocycles. The molecule has 0 aromatic heterocycles. The fraction of sp³-hybridized carbons (Fsp3) is 0.381. The lowest BCUT2D eigenvalue weighted by Gasteiger charge is -2.23. The molecule has 2 N–H and O–H groups in total. The van der Waals surface area contributed by atoms with Gasteiger partial charge in [-0.1, -0.05) is 29.7 Å². The van der Waals surface area contributed by atoms with Gasteiger partial charge in [0.05, 0.1) is 19.0 Å². The highest BCUT2D eigenvalue weighted by molar-refractivity contribution is 6.32. The molecule has 2 aliphatic rings. The summed E-state index contributed by atoms with van der Waals surface area (Å²) in [7, 11) is 0. The van der Waals surface area contributed by atoms with E-state index in [0.717, 1.165) is 5.70 Å². The molecule has 6 heteroatoms. The number of aliphatic hydroxyl groups is 1. The minimum Gasteiger partial charge on any atom is -0.395 e. The predicted molar refractivity (Wildman–Crippen MR) is 110 cm³/mol. The number of hydrogen-bond acceptors (Lipinski definition) is 4. The number of aliphatic imine (C=N–C) groups is 1. The van der Waals surface area contributed by atoms with Gasteiger partial charge in [-0.3, -0.25) is 4.99 Å². The number of nitrogens with zero attached hydrogens (tertiary/aromatic N) is 2. The molecule has 0 aromatic rings. The molecule has 0 spiro atoms. The fourth-order valence-electron chi connectivity index (χ4n) is 2.94. The summed E-state index contributed by atoms with van der Waals surface area (Å²) in [5, 5.41) is 12.8. The van der Waals surface area contributed by atoms with Crippen molar-refractivity contribution in [1.82, 2.24) is 10.2 Å². The quantitative estimate of drug-likeness (QED) is 0.728. The van der Waals surface area contributed by atoms with E-state index < -0.39 is 18.1 Å². The zero-order valence-electron chi connectivity index (χ0n) is 15.6. The third-order valence-corrected chi connectivity index (χ3v) is 4.73. The van der Waals surface area contributed by atoms with Crippen LogP contribution in [0.25, 0.3) is 0 Å². The minimum atomic E-state index is -1.31. The Morgan fingerprint density at radius 3 is 2.89 bits per heavy atom. The van der Waals surface area contributed by atoms with E-state index in [1.807, 2.05) is 26.1 Å². The van der Waals surface area contributed by atoms with E-state index in [9.17, 15) is 5.11 Å². The summed E-state index contributed by atoms with van der Waals surface area (Å²) in [6.45, 7) is 4.41. The van der Waals surface area contributed by atoms with Gasteiger partial charge in [-0.25, -0.2) is 4.39 Å². The molecule has 0 aromatic carbocycles. The van der Waals surface area contributed by atoms with Crippen molar-refractivity contribution in [3.63, 3.8) is 0 Å². The number of halogens is 2. The second-order valence-corrected chi connectivity index (χ2v) is 6.72. The smallest absolute Gasteiger partial charge is 0.131 e. The van der Waals surface area contributed by atoms with Crippen LogP contribution >= 0.6 is 11.6 Å². The molecule has 27 heavy (non-hydrogen) atoms. The largest absolute Gasteiger partial charge is 0.395 e. The summed E-state index contributed by atoms with van der Waals surface area (Å²) in [5.41, 5.74) is 1.34. The van der Waals surface area contributed by atoms with E-state index in [0.29, 0.717) is 29.5 Å². The summed E-state index contributed by atoms with van der Waals surface area (Å²) in [4.78, 5) is 6.14. The van der Waals surface area contributed by atoms with Gasteiger partial charge >= 0.3 is 0 Å². The zero-order chi connectivity index (χ0) is 19.8. The lowest BCUT2D eigenvalue weighted by atomic mass is 9.90. The molecule has 2 aliphatic heterocycles. The molecule has 0 radical (unpaired) electrons. The van der Waals surface area contributed by atoms with Gasteiger partial charge in [0.1, 0.15) is 12.2 Å². The number of aliphatic hydroxyl groups excluding tert-OH is 1. The number of hydrogen-bond donors (Lipinski definition) is 2. The predicted octanol–water partition coefficient (Wildman–Crippen LogP) is 3.29. The second-order valence-electron chi connectivity index (χ2n) is 6.31. The number of amidine groups is 1. The maximum absolute atomic E-state index is 15.3. The SMILES string of the molecule is C#CC1/C=C(C2/C=C/C=C\N(CCO)/C(C)=C/C2F)\C(Cl)=C/CN=C(C)N1. The van der Waals surface area contributed by atoms with Crippen molar-refractivity contribution in [2.45, 2.75) is 26.1 Å². The standard InChI is InChI=1S/C21H25ClFN3O/c1-4-17-14-19(20(22)8-9-24-16(3)25-17)18-7-5-6-10-26(11-12-27)15(2)13-21(18)23/h1,5-8,10,13-14,17-18,21,27H,9,11-12H2,2-3H3,(H,24,25)/b7-5+,10-6-,15-13+,19-14-,20-8+. The van der Waals surface area contributed by atoms with Gasteiger partial charge < -0.3 is 15.3 Å². The highest BCUT2D eigenvalue weighted by atomic mass is 35.5. The highest BCUT2D eigenvalue weighted by Gasteiger charge is 2.25. The maximum atomic E-state index is 15.3. The van der Waals surface area contributed by atoms with Crippen molar-refractivity contribution >= 4 is 17.4 Å². The van der Waals surface area contributed by atoms with Crippen LogP contribution in [0.15, 0.2) is 64.0 Å². The zero-order valence-corrected chi connectivity index (χ0v) is 16.3. The Balaban J connectivity index is 2.45. The van der Waals surface area contributed by atoms with Gasteiger partial charge in [0, 0.05) is 29.4 Å². The van der Waals surface area contributed by atoms with Crippen LogP contribution in [0, 0.1) is 18.3 Å². The Kier molecular flexibility index (Phi) is 7.90. The normalized spacial score (nSPS) is 34.7. The van der Waals surface area contributed by atoms with Crippen LogP contribution in [0.2, 0.25) is 0 Å². The second kappa shape index (κ2) is 10.1. The monoisotopic (exact) mass is 389 g/mol. The molecule has 0 fully saturated rings. The lowest BCUT2D eigenvalue weighted by Crippen LogP contribution is -2.31. The number of rotatable bonds is 3. The number of β-amino-alcohol motifs (C(OH)–C–C–N with tert-alkyl or cyclic N) is 1. The first-order valence-corrected chi connectivity index (χ1v) is 9.20. The number of allylic oxidation sites excluding steroid dienone is 7. The molecular weight excluding hydrogens is 365 g/mol. The van der Waals surface area contributed by atoms with Crippen molar-refractivity contribution in [2.24, 2.45) is 10.9 Å². The van der Waals surface area contributed by atoms with Crippen LogP contribution in [0.1, 0.15) is 13.8 Å². The molecule has 2 rings (SSSR count). The summed E-state index contributed by atoms with van der Waals surface area (Å²) in [6.07, 6.45) is 16.6. The van der Waals surface area contributed by atoms with Gasteiger partial charge in [0.25, 0.3) is 0 Å². The molecular formula is C21H25ClFN3O. The molecule has 0 bridgehead atoms. The highest BCUT2D eigenvalue weighted by Crippen LogP contribution is 2.31. The van der Waals surface area contributed by atoms with E-state index in [1.165, 1.54) is 6.08 Å². The van der Waals surface area contributed by atoms with Crippen molar-refractivity contribution in [3.05, 3.63) is 59.0 Å². The summed E-state index contributed by atoms with van der Waals surface area (Å²) < 4.78 is 15.3. The van der Waals surface area contributed by atoms with E-state index in [2.05, 4.69) is 16.2 Å². The van der Waals surface area contributed by atoms with Gasteiger partial charge in [-0.15, -0.1) is 6.42 Å². The number of nitrogens with one attached hydrogen (secondary N) is 1. The van der Waals surface area contributed by atoms with Crippen LogP contribution in [0.4, 0.5) is 4.39 Å². The molecule has 3 atom stereocenters. The number of terminal acetylenes is 1. The summed E-state index contributed by atoms with van der Waals surface area (Å²) in [6, 6.07) is -0.441. The van der Waals surface area contributed by atoms with Crippen molar-refractivity contribution in [2.75, 3.05) is 19.7 Å². The molecule has 3 unspecified atom stereocenters. The first-order valence-electron chi connectivity index (χ1n) is 8.82. The third kappa shape index (κ3) is 5.85. The van der Waals surface area contributed by atoms with E-state index in [4.69, 9.17) is 18.0 Å². The molecule has 144 valence electrons. The first kappa shape index (κ1) is 21.0. The molecule has 0 saturated heterocycles. The first-order chi connectivity index (χ1) is 13.0. The van der Waals surface area contributed by atoms with E-state index in [-0.39, 0.29) is 6.61 Å². The Hall–Kier alpha value is -2.29. The Bertz CT molecular complexity index is 758. The molecule has 0 saturated carbocycles. The fourth-order valence-corrected chi connectivity index (χ4v) is 3.20. The van der Waals surface area contributed by atoms with E-state index in [1.54, 1.807) is 29.2 Å². The van der Waals surface area contributed by atoms with Gasteiger partial charge in [-0.2, -0.15) is 0 Å². The van der Waals surface area contributed by atoms with Gasteiger partial charge in [0.2, 0.25) is 0 Å². The average molecular weight is 390 g/mol. The van der Waals surface area contributed by atoms with Gasteiger partial charge in [-0.05, 0) is 43.7 Å². The van der Waals surface area contributed by atoms with Crippen molar-refractivity contribution in [1.29, 1.82) is 0 Å². The lowest BCUT2D eigenvalue weighted by molar-refractivity contribution is 0.254. The maximum Gasteiger partial charge on any atom is 0.131 e. The van der Waals surface area contributed by atoms with Crippen molar-refractivity contribution < 1.29 is 9.50 Å². The van der Waals surface area contributed by atoms with Crippen LogP contribution in [-0.2, 0) is 0 Å². The number of alkyl halides is 1. The molecule has 4 nitrogen and oxygen atoms in total. The Morgan fingerprint density at radius 2 is 2.19 bits per heavy atom. The van der Waals surface area contributed by atoms with Crippen molar-refractivity contribution in [3.8, 4) is 12.3 Å². The van der Waals surface area contributed by atoms with E-state index >= 15 is 4.39 Å². The third-order valence-electron chi connectivity index (χ3n) is 4.36. The van der Waals surface area contributed by atoms with Gasteiger partial charge in [0.15, 0.2) is 0 Å². The minimum absolute atomic E-state index is 0.0196. The Morgan fingerprint density at radius 1 is 1.41 bits per heavy atom. The topological polar surface area (TPSA) is 47.9 Å². The van der Waals surface area contributed by atoms with Crippen LogP contribution in [0.3, 0.4) is 0 Å².